The molecule has 0 radical (unpaired) electrons. The molecule has 33 heavy (non-hydrogen) atoms. The molecule has 0 fully saturated rings. The van der Waals surface area contributed by atoms with Gasteiger partial charge in [0.2, 0.25) is 0 Å². The van der Waals surface area contributed by atoms with Crippen LogP contribution in [0.1, 0.15) is 33.6 Å². The van der Waals surface area contributed by atoms with E-state index in [1.807, 2.05) is 12.1 Å². The van der Waals surface area contributed by atoms with Crippen LogP contribution in [0.4, 0.5) is 11.4 Å². The van der Waals surface area contributed by atoms with Gasteiger partial charge in [0.05, 0.1) is 59.6 Å². The smallest absolute Gasteiger partial charge is 0.132 e. The summed E-state index contributed by atoms with van der Waals surface area (Å²) < 4.78 is 1.78. The van der Waals surface area contributed by atoms with Crippen LogP contribution in [0.25, 0.3) is 0 Å². The van der Waals surface area contributed by atoms with Gasteiger partial charge in [-0.15, -0.1) is 0 Å². The van der Waals surface area contributed by atoms with E-state index in [1.54, 1.807) is 13.8 Å². The summed E-state index contributed by atoms with van der Waals surface area (Å²) in [6.45, 7) is 4.83. The van der Waals surface area contributed by atoms with Gasteiger partial charge in [-0.1, -0.05) is 63.6 Å². The van der Waals surface area contributed by atoms with Gasteiger partial charge >= 0.3 is 0 Å². The molecule has 0 aliphatic carbocycles. The second kappa shape index (κ2) is 13.1. The first-order valence-electron chi connectivity index (χ1n) is 11.3. The van der Waals surface area contributed by atoms with Gasteiger partial charge in [0.25, 0.3) is 0 Å². The molecule has 0 aromatic heterocycles. The Morgan fingerprint density at radius 3 is 1.15 bits per heavy atom. The van der Waals surface area contributed by atoms with Gasteiger partial charge in [-0.05, 0) is 36.6 Å². The summed E-state index contributed by atoms with van der Waals surface area (Å²) in [7, 11) is 13.0. The lowest BCUT2D eigenvalue weighted by atomic mass is 9.73. The number of hydrogen-bond acceptors (Lipinski definition) is 4. The van der Waals surface area contributed by atoms with Crippen LogP contribution in [0.2, 0.25) is 0 Å². The van der Waals surface area contributed by atoms with Crippen LogP contribution < -0.4 is 19.2 Å². The Balaban J connectivity index is 0.000000470. The van der Waals surface area contributed by atoms with Crippen molar-refractivity contribution in [2.75, 3.05) is 42.3 Å². The number of carboxylic acid groups (broad SMARTS) is 2. The van der Waals surface area contributed by atoms with Crippen molar-refractivity contribution in [1.82, 2.24) is 8.97 Å². The molecule has 2 aromatic rings. The van der Waals surface area contributed by atoms with Crippen molar-refractivity contribution in [3.63, 3.8) is 0 Å². The first-order chi connectivity index (χ1) is 15.1. The molecule has 0 aliphatic rings. The average Bonchev–Trinajstić information content (AvgIpc) is 2.75. The maximum absolute atomic E-state index is 10.8. The number of rotatable bonds is 7. The minimum absolute atomic E-state index is 0.00727. The third-order valence-corrected chi connectivity index (χ3v) is 5.80. The van der Waals surface area contributed by atoms with Gasteiger partial charge in [0.1, 0.15) is 11.4 Å². The largest absolute Gasteiger partial charge is 0.549 e. The molecule has 1 unspecified atom stereocenters. The Morgan fingerprint density at radius 1 is 0.727 bits per heavy atom. The van der Waals surface area contributed by atoms with Gasteiger partial charge < -0.3 is 19.8 Å². The highest BCUT2D eigenvalue weighted by atomic mass is 16.4. The maximum Gasteiger partial charge on any atom is 0.132 e. The lowest BCUT2D eigenvalue weighted by Crippen LogP contribution is -2.56. The van der Waals surface area contributed by atoms with Crippen LogP contribution in [0.3, 0.4) is 0 Å². The van der Waals surface area contributed by atoms with Crippen molar-refractivity contribution in [3.05, 3.63) is 60.7 Å². The Labute approximate surface area is 200 Å². The van der Waals surface area contributed by atoms with Crippen molar-refractivity contribution in [3.8, 4) is 0 Å². The van der Waals surface area contributed by atoms with E-state index in [4.69, 9.17) is 0 Å². The molecule has 1 atom stereocenters. The second-order valence-electron chi connectivity index (χ2n) is 9.91. The molecule has 0 saturated carbocycles. The van der Waals surface area contributed by atoms with Crippen LogP contribution in [0, 0.1) is 11.3 Å². The highest BCUT2D eigenvalue weighted by Crippen LogP contribution is 2.32. The molecule has 6 heteroatoms. The zero-order chi connectivity index (χ0) is 25.9. The van der Waals surface area contributed by atoms with Gasteiger partial charge in [0, 0.05) is 0 Å². The van der Waals surface area contributed by atoms with Crippen LogP contribution in [-0.4, -0.2) is 54.2 Å². The average molecular weight is 459 g/mol. The molecular weight excluding hydrogens is 416 g/mol. The molecule has 2 aromatic carbocycles. The fraction of sp³-hybridized carbons (Fsp3) is 0.481. The van der Waals surface area contributed by atoms with Crippen molar-refractivity contribution in [1.29, 1.82) is 0 Å². The molecular formula is C27H42N2O4. The van der Waals surface area contributed by atoms with E-state index in [0.717, 1.165) is 8.97 Å². The highest BCUT2D eigenvalue weighted by Gasteiger charge is 2.36. The minimum atomic E-state index is -1.84. The summed E-state index contributed by atoms with van der Waals surface area (Å²) in [5.74, 6) is -3.58. The number of benzene rings is 2. The molecule has 0 amide bonds. The second-order valence-corrected chi connectivity index (χ2v) is 9.91. The van der Waals surface area contributed by atoms with Gasteiger partial charge in [-0.2, -0.15) is 0 Å². The lowest BCUT2D eigenvalue weighted by molar-refractivity contribution is -0.347. The maximum atomic E-state index is 10.8. The molecule has 6 nitrogen and oxygen atoms in total. The zero-order valence-corrected chi connectivity index (χ0v) is 21.8. The number of carbonyl (C=O) groups is 2. The predicted molar refractivity (Wildman–Crippen MR) is 134 cm³/mol. The number of para-hydroxylation sites is 2. The number of nitrogens with zero attached hydrogens (tertiary/aromatic N) is 2. The van der Waals surface area contributed by atoms with Gasteiger partial charge in [-0.25, -0.2) is 0 Å². The van der Waals surface area contributed by atoms with Crippen molar-refractivity contribution in [2.45, 2.75) is 33.6 Å². The SMILES string of the molecule is CCC(C)C(CC)(C(=O)[O-])C(=O)[O-].C[N+](C)(C)c1ccccc1.C[N+](C)(C)c1ccccc1. The van der Waals surface area contributed by atoms with E-state index in [-0.39, 0.29) is 6.42 Å². The minimum Gasteiger partial charge on any atom is -0.549 e. The lowest BCUT2D eigenvalue weighted by Gasteiger charge is -2.39. The summed E-state index contributed by atoms with van der Waals surface area (Å²) in [6.07, 6.45) is 0.461. The van der Waals surface area contributed by atoms with Crippen LogP contribution in [0.5, 0.6) is 0 Å². The summed E-state index contributed by atoms with van der Waals surface area (Å²) in [5.41, 5.74) is 0.833. The quantitative estimate of drug-likeness (QED) is 0.472. The number of quaternary nitrogens is 2. The van der Waals surface area contributed by atoms with Crippen LogP contribution in [0.15, 0.2) is 60.7 Å². The van der Waals surface area contributed by atoms with E-state index in [9.17, 15) is 19.8 Å². The predicted octanol–water partition coefficient (Wildman–Crippen LogP) is 2.70. The molecule has 0 spiro atoms. The summed E-state index contributed by atoms with van der Waals surface area (Å²) in [5, 5.41) is 21.5. The first-order valence-corrected chi connectivity index (χ1v) is 11.3. The van der Waals surface area contributed by atoms with Crippen molar-refractivity contribution < 1.29 is 19.8 Å². The van der Waals surface area contributed by atoms with E-state index in [0.29, 0.717) is 6.42 Å². The van der Waals surface area contributed by atoms with Crippen LogP contribution in [-0.2, 0) is 9.59 Å². The fourth-order valence-corrected chi connectivity index (χ4v) is 3.22. The summed E-state index contributed by atoms with van der Waals surface area (Å²) in [6, 6.07) is 20.9. The number of carbonyl (C=O) groups excluding carboxylic acids is 2. The number of carboxylic acids is 2. The Hall–Kier alpha value is -2.70. The fourth-order valence-electron chi connectivity index (χ4n) is 3.22. The van der Waals surface area contributed by atoms with E-state index in [1.165, 1.54) is 18.3 Å². The monoisotopic (exact) mass is 458 g/mol. The normalized spacial score (nSPS) is 12.4. The van der Waals surface area contributed by atoms with Gasteiger partial charge in [-0.3, -0.25) is 8.97 Å². The van der Waals surface area contributed by atoms with Crippen molar-refractivity contribution >= 4 is 23.3 Å². The summed E-state index contributed by atoms with van der Waals surface area (Å²) >= 11 is 0. The number of aliphatic carboxylic acids is 2. The topological polar surface area (TPSA) is 80.3 Å². The van der Waals surface area contributed by atoms with Crippen LogP contribution >= 0.6 is 0 Å². The Kier molecular flexibility index (Phi) is 12.0. The standard InChI is InChI=1S/2C9H14N.C9H16O4/c2*1-10(2,3)9-7-5-4-6-8-9;1-4-6(3)9(5-2,7(10)11)8(12)13/h2*4-8H,1-3H3;6H,4-5H2,1-3H3,(H,10,11)(H,12,13)/q2*+1;/p-2. The molecule has 0 N–H and O–H groups in total. The third-order valence-electron chi connectivity index (χ3n) is 5.80. The van der Waals surface area contributed by atoms with E-state index >= 15 is 0 Å². The van der Waals surface area contributed by atoms with Gasteiger partial charge in [0.15, 0.2) is 0 Å². The third kappa shape index (κ3) is 9.36. The molecule has 2 rings (SSSR count). The first kappa shape index (κ1) is 30.3. The molecule has 0 heterocycles. The number of hydrogen-bond donors (Lipinski definition) is 0. The molecule has 0 aliphatic heterocycles. The molecule has 0 bridgehead atoms. The van der Waals surface area contributed by atoms with E-state index < -0.39 is 23.3 Å². The molecule has 0 saturated heterocycles. The highest BCUT2D eigenvalue weighted by molar-refractivity contribution is 5.96. The molecule has 184 valence electrons. The van der Waals surface area contributed by atoms with Crippen molar-refractivity contribution in [2.24, 2.45) is 11.3 Å². The van der Waals surface area contributed by atoms with E-state index in [2.05, 4.69) is 90.8 Å². The summed E-state index contributed by atoms with van der Waals surface area (Å²) in [4.78, 5) is 21.5. The Bertz CT molecular complexity index is 774. The zero-order valence-electron chi connectivity index (χ0n) is 21.8. The Morgan fingerprint density at radius 2 is 1.03 bits per heavy atom.